The Hall–Kier alpha value is -4.79. The number of hydrogen-bond donors (Lipinski definition) is 2. The molecule has 2 heterocycles. The molecular formula is C31H31N3O6. The van der Waals surface area contributed by atoms with Crippen molar-refractivity contribution in [3.63, 3.8) is 0 Å². The van der Waals surface area contributed by atoms with Gasteiger partial charge in [0.1, 0.15) is 11.5 Å². The smallest absolute Gasteiger partial charge is 0.302 e. The maximum Gasteiger partial charge on any atom is 0.302 e. The van der Waals surface area contributed by atoms with Crippen LogP contribution in [0.1, 0.15) is 36.6 Å². The maximum atomic E-state index is 13.5. The van der Waals surface area contributed by atoms with Crippen LogP contribution in [0.3, 0.4) is 0 Å². The van der Waals surface area contributed by atoms with Crippen molar-refractivity contribution in [2.24, 2.45) is 5.92 Å². The third kappa shape index (κ3) is 4.86. The highest BCUT2D eigenvalue weighted by molar-refractivity contribution is 6.51. The van der Waals surface area contributed by atoms with Gasteiger partial charge in [-0.2, -0.15) is 0 Å². The van der Waals surface area contributed by atoms with Gasteiger partial charge in [0, 0.05) is 17.7 Å². The number of rotatable bonds is 8. The van der Waals surface area contributed by atoms with Crippen molar-refractivity contribution in [1.29, 1.82) is 0 Å². The van der Waals surface area contributed by atoms with Crippen molar-refractivity contribution in [3.8, 4) is 17.2 Å². The monoisotopic (exact) mass is 541 g/mol. The second kappa shape index (κ2) is 10.8. The summed E-state index contributed by atoms with van der Waals surface area (Å²) in [4.78, 5) is 36.1. The summed E-state index contributed by atoms with van der Waals surface area (Å²) in [6, 6.07) is 16.8. The largest absolute Gasteiger partial charge is 0.507 e. The van der Waals surface area contributed by atoms with Gasteiger partial charge in [0.15, 0.2) is 11.5 Å². The molecule has 0 saturated carbocycles. The molecule has 5 rings (SSSR count). The highest BCUT2D eigenvalue weighted by Gasteiger charge is 2.48. The Kier molecular flexibility index (Phi) is 7.21. The van der Waals surface area contributed by atoms with Crippen LogP contribution in [0.5, 0.6) is 17.2 Å². The lowest BCUT2D eigenvalue weighted by atomic mass is 9.94. The lowest BCUT2D eigenvalue weighted by molar-refractivity contribution is -0.132. The normalized spacial score (nSPS) is 16.6. The first-order valence-corrected chi connectivity index (χ1v) is 12.9. The summed E-state index contributed by atoms with van der Waals surface area (Å²) in [6.07, 6.45) is 0. The number of ether oxygens (including phenoxy) is 3. The van der Waals surface area contributed by atoms with E-state index in [0.717, 1.165) is 5.56 Å². The van der Waals surface area contributed by atoms with Gasteiger partial charge >= 0.3 is 5.91 Å². The first-order valence-electron chi connectivity index (χ1n) is 12.9. The van der Waals surface area contributed by atoms with Crippen LogP contribution in [-0.2, 0) is 9.59 Å². The van der Waals surface area contributed by atoms with Gasteiger partial charge in [0.25, 0.3) is 5.78 Å². The van der Waals surface area contributed by atoms with E-state index in [1.807, 2.05) is 31.2 Å². The molecule has 206 valence electrons. The lowest BCUT2D eigenvalue weighted by Gasteiger charge is -2.23. The van der Waals surface area contributed by atoms with Crippen LogP contribution in [0.15, 0.2) is 66.2 Å². The molecule has 0 aliphatic carbocycles. The number of hydrogen-bond acceptors (Lipinski definition) is 7. The van der Waals surface area contributed by atoms with Crippen molar-refractivity contribution in [2.45, 2.75) is 26.8 Å². The summed E-state index contributed by atoms with van der Waals surface area (Å²) in [5.41, 5.74) is 3.08. The van der Waals surface area contributed by atoms with Crippen LogP contribution in [-0.4, -0.2) is 47.6 Å². The molecule has 0 bridgehead atoms. The van der Waals surface area contributed by atoms with E-state index < -0.39 is 17.7 Å². The van der Waals surface area contributed by atoms with E-state index in [0.29, 0.717) is 51.9 Å². The van der Waals surface area contributed by atoms with Gasteiger partial charge in [-0.1, -0.05) is 43.7 Å². The Morgan fingerprint density at radius 3 is 2.38 bits per heavy atom. The van der Waals surface area contributed by atoms with E-state index in [2.05, 4.69) is 23.8 Å². The number of aryl methyl sites for hydroxylation is 1. The Bertz CT molecular complexity index is 1580. The minimum atomic E-state index is -0.916. The fourth-order valence-corrected chi connectivity index (χ4v) is 4.77. The molecule has 1 amide bonds. The van der Waals surface area contributed by atoms with Crippen molar-refractivity contribution in [3.05, 3.63) is 82.9 Å². The number of nitrogens with one attached hydrogen (secondary N) is 1. The molecule has 1 aliphatic heterocycles. The molecule has 40 heavy (non-hydrogen) atoms. The van der Waals surface area contributed by atoms with Crippen molar-refractivity contribution in [2.75, 3.05) is 25.7 Å². The van der Waals surface area contributed by atoms with E-state index >= 15 is 0 Å². The average molecular weight is 542 g/mol. The van der Waals surface area contributed by atoms with Crippen molar-refractivity contribution in [1.82, 2.24) is 9.97 Å². The molecule has 3 aromatic carbocycles. The second-order valence-corrected chi connectivity index (χ2v) is 10.1. The van der Waals surface area contributed by atoms with E-state index in [1.165, 1.54) is 19.1 Å². The van der Waals surface area contributed by atoms with Gasteiger partial charge in [0.2, 0.25) is 5.95 Å². The number of anilines is 1. The SMILES string of the molecule is COc1cc2nc(N3C(=O)C(=O)/C(=C(/O)c4ccc(OCC(C)C)cc4)C3c3cccc(C)c3)[nH]c2cc1OC. The zero-order valence-electron chi connectivity index (χ0n) is 23.0. The minimum absolute atomic E-state index is 0.0259. The molecule has 1 unspecified atom stereocenters. The third-order valence-electron chi connectivity index (χ3n) is 6.72. The van der Waals surface area contributed by atoms with Gasteiger partial charge in [0.05, 0.1) is 43.5 Å². The minimum Gasteiger partial charge on any atom is -0.507 e. The maximum absolute atomic E-state index is 13.5. The Morgan fingerprint density at radius 1 is 1.02 bits per heavy atom. The molecule has 2 N–H and O–H groups in total. The Balaban J connectivity index is 1.63. The summed E-state index contributed by atoms with van der Waals surface area (Å²) in [7, 11) is 3.05. The highest BCUT2D eigenvalue weighted by Crippen LogP contribution is 2.42. The number of aromatic amines is 1. The number of aliphatic hydroxyl groups excluding tert-OH is 1. The average Bonchev–Trinajstić information content (AvgIpc) is 3.48. The molecule has 0 spiro atoms. The fraction of sp³-hybridized carbons (Fsp3) is 0.258. The van der Waals surface area contributed by atoms with Crippen LogP contribution < -0.4 is 19.1 Å². The van der Waals surface area contributed by atoms with Crippen LogP contribution >= 0.6 is 0 Å². The molecule has 0 radical (unpaired) electrons. The van der Waals surface area contributed by atoms with Gasteiger partial charge in [-0.3, -0.25) is 14.5 Å². The van der Waals surface area contributed by atoms with Crippen LogP contribution in [0.25, 0.3) is 16.8 Å². The predicted molar refractivity (Wildman–Crippen MR) is 152 cm³/mol. The number of methoxy groups -OCH3 is 2. The van der Waals surface area contributed by atoms with E-state index in [4.69, 9.17) is 14.2 Å². The summed E-state index contributed by atoms with van der Waals surface area (Å²) in [6.45, 7) is 6.59. The van der Waals surface area contributed by atoms with Crippen LogP contribution in [0, 0.1) is 12.8 Å². The molecule has 1 aromatic heterocycles. The summed E-state index contributed by atoms with van der Waals surface area (Å²) >= 11 is 0. The fourth-order valence-electron chi connectivity index (χ4n) is 4.77. The van der Waals surface area contributed by atoms with Gasteiger partial charge < -0.3 is 24.3 Å². The van der Waals surface area contributed by atoms with Gasteiger partial charge in [-0.25, -0.2) is 4.98 Å². The summed E-state index contributed by atoms with van der Waals surface area (Å²) in [5, 5.41) is 11.4. The topological polar surface area (TPSA) is 114 Å². The zero-order valence-corrected chi connectivity index (χ0v) is 23.0. The lowest BCUT2D eigenvalue weighted by Crippen LogP contribution is -2.30. The van der Waals surface area contributed by atoms with Gasteiger partial charge in [-0.05, 0) is 42.7 Å². The number of aromatic nitrogens is 2. The van der Waals surface area contributed by atoms with E-state index in [1.54, 1.807) is 36.4 Å². The number of nitrogens with zero attached hydrogens (tertiary/aromatic N) is 2. The Morgan fingerprint density at radius 2 is 1.73 bits per heavy atom. The number of carbonyl (C=O) groups is 2. The molecule has 4 aromatic rings. The van der Waals surface area contributed by atoms with E-state index in [-0.39, 0.29) is 17.3 Å². The van der Waals surface area contributed by atoms with Gasteiger partial charge in [-0.15, -0.1) is 0 Å². The number of carbonyl (C=O) groups excluding carboxylic acids is 2. The molecular weight excluding hydrogens is 510 g/mol. The molecule has 9 nitrogen and oxygen atoms in total. The number of amides is 1. The summed E-state index contributed by atoms with van der Waals surface area (Å²) in [5.74, 6) is 0.252. The van der Waals surface area contributed by atoms with Crippen LogP contribution in [0.4, 0.5) is 5.95 Å². The number of H-pyrrole nitrogens is 1. The van der Waals surface area contributed by atoms with E-state index in [9.17, 15) is 14.7 Å². The number of aliphatic hydroxyl groups is 1. The zero-order chi connectivity index (χ0) is 28.6. The molecule has 1 atom stereocenters. The molecule has 1 fully saturated rings. The first kappa shape index (κ1) is 26.8. The number of imidazole rings is 1. The predicted octanol–water partition coefficient (Wildman–Crippen LogP) is 5.55. The molecule has 1 aliphatic rings. The Labute approximate surface area is 232 Å². The quantitative estimate of drug-likeness (QED) is 0.171. The summed E-state index contributed by atoms with van der Waals surface area (Å²) < 4.78 is 16.5. The molecule has 1 saturated heterocycles. The highest BCUT2D eigenvalue weighted by atomic mass is 16.5. The number of fused-ring (bicyclic) bond motifs is 1. The number of ketones is 1. The third-order valence-corrected chi connectivity index (χ3v) is 6.72. The number of Topliss-reactive ketones (excluding diaryl/α,β-unsaturated/α-hetero) is 1. The molecule has 9 heteroatoms. The van der Waals surface area contributed by atoms with Crippen molar-refractivity contribution >= 4 is 34.4 Å². The first-order chi connectivity index (χ1) is 19.2. The number of benzene rings is 3. The second-order valence-electron chi connectivity index (χ2n) is 10.1. The standard InChI is InChI=1S/C31H31N3O6/c1-17(2)16-40-21-11-9-19(10-12-21)28(35)26-27(20-8-6-7-18(3)13-20)34(30(37)29(26)36)31-32-22-14-24(38-4)25(39-5)15-23(22)33-31/h6-15,17,27,35H,16H2,1-5H3,(H,32,33)/b28-26+. The van der Waals surface area contributed by atoms with Crippen molar-refractivity contribution < 1.29 is 28.9 Å². The van der Waals surface area contributed by atoms with Crippen LogP contribution in [0.2, 0.25) is 0 Å².